The van der Waals surface area contributed by atoms with Crippen molar-refractivity contribution < 1.29 is 9.53 Å². The third-order valence-electron chi connectivity index (χ3n) is 4.25. The summed E-state index contributed by atoms with van der Waals surface area (Å²) in [6.07, 6.45) is 5.49. The standard InChI is InChI=1S/C18H28N2O2/c1-15-13-16(7-8-17(15)22-2)14-18(21)19-9-6-12-20-10-4-3-5-11-20/h7-8,13H,3-6,9-12,14H2,1-2H3,(H,19,21). The first kappa shape index (κ1) is 16.8. The van der Waals surface area contributed by atoms with Crippen LogP contribution in [0.3, 0.4) is 0 Å². The first-order chi connectivity index (χ1) is 10.7. The van der Waals surface area contributed by atoms with Gasteiger partial charge in [0, 0.05) is 6.54 Å². The highest BCUT2D eigenvalue weighted by Gasteiger charge is 2.09. The minimum absolute atomic E-state index is 0.100. The number of methoxy groups -OCH3 is 1. The number of carbonyl (C=O) groups is 1. The number of ether oxygens (including phenoxy) is 1. The zero-order chi connectivity index (χ0) is 15.8. The lowest BCUT2D eigenvalue weighted by atomic mass is 10.1. The Labute approximate surface area is 133 Å². The minimum atomic E-state index is 0.100. The molecule has 1 aromatic rings. The van der Waals surface area contributed by atoms with Crippen LogP contribution in [0.2, 0.25) is 0 Å². The largest absolute Gasteiger partial charge is 0.496 e. The Hall–Kier alpha value is -1.55. The van der Waals surface area contributed by atoms with Crippen molar-refractivity contribution in [3.8, 4) is 5.75 Å². The summed E-state index contributed by atoms with van der Waals surface area (Å²) in [5.74, 6) is 0.967. The molecule has 0 bridgehead atoms. The van der Waals surface area contributed by atoms with Crippen LogP contribution in [-0.4, -0.2) is 44.1 Å². The van der Waals surface area contributed by atoms with E-state index in [4.69, 9.17) is 4.74 Å². The van der Waals surface area contributed by atoms with Crippen molar-refractivity contribution in [3.05, 3.63) is 29.3 Å². The van der Waals surface area contributed by atoms with E-state index in [1.54, 1.807) is 7.11 Å². The van der Waals surface area contributed by atoms with Crippen molar-refractivity contribution in [2.75, 3.05) is 33.3 Å². The van der Waals surface area contributed by atoms with E-state index in [1.807, 2.05) is 25.1 Å². The first-order valence-corrected chi connectivity index (χ1v) is 8.31. The van der Waals surface area contributed by atoms with Gasteiger partial charge in [0.05, 0.1) is 13.5 Å². The van der Waals surface area contributed by atoms with Crippen molar-refractivity contribution in [3.63, 3.8) is 0 Å². The summed E-state index contributed by atoms with van der Waals surface area (Å²) in [7, 11) is 1.66. The van der Waals surface area contributed by atoms with Gasteiger partial charge < -0.3 is 15.0 Å². The van der Waals surface area contributed by atoms with Crippen LogP contribution in [0, 0.1) is 6.92 Å². The summed E-state index contributed by atoms with van der Waals surface area (Å²) in [5, 5.41) is 3.02. The van der Waals surface area contributed by atoms with Gasteiger partial charge in [-0.1, -0.05) is 18.6 Å². The molecular weight excluding hydrogens is 276 g/mol. The van der Waals surface area contributed by atoms with Gasteiger partial charge in [-0.25, -0.2) is 0 Å². The van der Waals surface area contributed by atoms with Crippen LogP contribution in [0.1, 0.15) is 36.8 Å². The van der Waals surface area contributed by atoms with Gasteiger partial charge in [0.2, 0.25) is 5.91 Å². The monoisotopic (exact) mass is 304 g/mol. The van der Waals surface area contributed by atoms with E-state index in [2.05, 4.69) is 10.2 Å². The fraction of sp³-hybridized carbons (Fsp3) is 0.611. The maximum atomic E-state index is 12.0. The topological polar surface area (TPSA) is 41.6 Å². The second-order valence-corrected chi connectivity index (χ2v) is 6.09. The molecule has 4 heteroatoms. The average molecular weight is 304 g/mol. The molecule has 1 aromatic carbocycles. The maximum absolute atomic E-state index is 12.0. The fourth-order valence-electron chi connectivity index (χ4n) is 3.01. The van der Waals surface area contributed by atoms with Crippen LogP contribution in [0.15, 0.2) is 18.2 Å². The average Bonchev–Trinajstić information content (AvgIpc) is 2.53. The van der Waals surface area contributed by atoms with Crippen LogP contribution in [0.5, 0.6) is 5.75 Å². The summed E-state index contributed by atoms with van der Waals surface area (Å²) < 4.78 is 5.24. The highest BCUT2D eigenvalue weighted by Crippen LogP contribution is 2.18. The van der Waals surface area contributed by atoms with Crippen LogP contribution in [0.4, 0.5) is 0 Å². The van der Waals surface area contributed by atoms with Crippen molar-refractivity contribution in [2.45, 2.75) is 39.0 Å². The van der Waals surface area contributed by atoms with Crippen molar-refractivity contribution in [1.82, 2.24) is 10.2 Å². The number of benzene rings is 1. The predicted octanol–water partition coefficient (Wildman–Crippen LogP) is 2.54. The zero-order valence-corrected chi connectivity index (χ0v) is 13.9. The van der Waals surface area contributed by atoms with Crippen LogP contribution in [0.25, 0.3) is 0 Å². The molecule has 1 saturated heterocycles. The summed E-state index contributed by atoms with van der Waals surface area (Å²) in [5.41, 5.74) is 2.10. The molecule has 0 radical (unpaired) electrons. The van der Waals surface area contributed by atoms with Gasteiger partial charge in [-0.3, -0.25) is 4.79 Å². The number of likely N-dealkylation sites (tertiary alicyclic amines) is 1. The molecule has 22 heavy (non-hydrogen) atoms. The number of nitrogens with zero attached hydrogens (tertiary/aromatic N) is 1. The molecule has 1 heterocycles. The molecule has 0 unspecified atom stereocenters. The van der Waals surface area contributed by atoms with Gasteiger partial charge in [-0.15, -0.1) is 0 Å². The molecule has 1 amide bonds. The molecule has 0 saturated carbocycles. The summed E-state index contributed by atoms with van der Waals surface area (Å²) in [6, 6.07) is 5.90. The molecule has 0 spiro atoms. The molecule has 1 aliphatic rings. The molecule has 1 N–H and O–H groups in total. The molecule has 2 rings (SSSR count). The van der Waals surface area contributed by atoms with E-state index in [0.29, 0.717) is 6.42 Å². The number of hydrogen-bond acceptors (Lipinski definition) is 3. The summed E-state index contributed by atoms with van der Waals surface area (Å²) in [6.45, 7) is 6.31. The second kappa shape index (κ2) is 8.79. The Morgan fingerprint density at radius 2 is 2.05 bits per heavy atom. The summed E-state index contributed by atoms with van der Waals surface area (Å²) >= 11 is 0. The third kappa shape index (κ3) is 5.34. The Bertz CT molecular complexity index is 482. The van der Waals surface area contributed by atoms with Crippen LogP contribution in [-0.2, 0) is 11.2 Å². The molecule has 122 valence electrons. The highest BCUT2D eigenvalue weighted by molar-refractivity contribution is 5.78. The number of carbonyl (C=O) groups excluding carboxylic acids is 1. The maximum Gasteiger partial charge on any atom is 0.224 e. The molecule has 0 aromatic heterocycles. The normalized spacial score (nSPS) is 15.5. The van der Waals surface area contributed by atoms with Gasteiger partial charge >= 0.3 is 0 Å². The lowest BCUT2D eigenvalue weighted by Gasteiger charge is -2.26. The number of piperidine rings is 1. The number of nitrogens with one attached hydrogen (secondary N) is 1. The van der Waals surface area contributed by atoms with E-state index in [0.717, 1.165) is 36.4 Å². The van der Waals surface area contributed by atoms with Crippen molar-refractivity contribution in [1.29, 1.82) is 0 Å². The van der Waals surface area contributed by atoms with Crippen LogP contribution < -0.4 is 10.1 Å². The Morgan fingerprint density at radius 1 is 1.27 bits per heavy atom. The van der Waals surface area contributed by atoms with Crippen molar-refractivity contribution in [2.24, 2.45) is 0 Å². The predicted molar refractivity (Wildman–Crippen MR) is 89.4 cm³/mol. The quantitative estimate of drug-likeness (QED) is 0.787. The third-order valence-corrected chi connectivity index (χ3v) is 4.25. The Balaban J connectivity index is 1.66. The van der Waals surface area contributed by atoms with Gasteiger partial charge in [-0.2, -0.15) is 0 Å². The van der Waals surface area contributed by atoms with Gasteiger partial charge in [0.25, 0.3) is 0 Å². The van der Waals surface area contributed by atoms with E-state index in [9.17, 15) is 4.79 Å². The van der Waals surface area contributed by atoms with Gasteiger partial charge in [0.15, 0.2) is 0 Å². The number of rotatable bonds is 7. The highest BCUT2D eigenvalue weighted by atomic mass is 16.5. The smallest absolute Gasteiger partial charge is 0.224 e. The Morgan fingerprint density at radius 3 is 2.73 bits per heavy atom. The first-order valence-electron chi connectivity index (χ1n) is 8.31. The lowest BCUT2D eigenvalue weighted by Crippen LogP contribution is -2.33. The molecule has 0 atom stereocenters. The Kier molecular flexibility index (Phi) is 6.72. The zero-order valence-electron chi connectivity index (χ0n) is 13.9. The second-order valence-electron chi connectivity index (χ2n) is 6.09. The van der Waals surface area contributed by atoms with Gasteiger partial charge in [-0.05, 0) is 63.0 Å². The molecule has 1 fully saturated rings. The number of aryl methyl sites for hydroxylation is 1. The van der Waals surface area contributed by atoms with E-state index < -0.39 is 0 Å². The van der Waals surface area contributed by atoms with E-state index in [1.165, 1.54) is 32.4 Å². The minimum Gasteiger partial charge on any atom is -0.496 e. The molecular formula is C18H28N2O2. The number of hydrogen-bond donors (Lipinski definition) is 1. The molecule has 0 aliphatic carbocycles. The SMILES string of the molecule is COc1ccc(CC(=O)NCCCN2CCCCC2)cc1C. The van der Waals surface area contributed by atoms with Crippen LogP contribution >= 0.6 is 0 Å². The number of amides is 1. The molecule has 4 nitrogen and oxygen atoms in total. The fourth-order valence-corrected chi connectivity index (χ4v) is 3.01. The van der Waals surface area contributed by atoms with E-state index >= 15 is 0 Å². The van der Waals surface area contributed by atoms with Gasteiger partial charge in [0.1, 0.15) is 5.75 Å². The summed E-state index contributed by atoms with van der Waals surface area (Å²) in [4.78, 5) is 14.5. The van der Waals surface area contributed by atoms with E-state index in [-0.39, 0.29) is 5.91 Å². The van der Waals surface area contributed by atoms with Crippen molar-refractivity contribution >= 4 is 5.91 Å². The molecule has 1 aliphatic heterocycles. The lowest BCUT2D eigenvalue weighted by molar-refractivity contribution is -0.120.